The van der Waals surface area contributed by atoms with Crippen LogP contribution < -0.4 is 5.73 Å². The molecule has 0 saturated heterocycles. The zero-order chi connectivity index (χ0) is 14.4. The number of aromatic nitrogens is 2. The number of nitrogens with zero attached hydrogens (tertiary/aromatic N) is 2. The van der Waals surface area contributed by atoms with Gasteiger partial charge in [-0.25, -0.2) is 9.97 Å². The summed E-state index contributed by atoms with van der Waals surface area (Å²) in [5.74, 6) is 1.15. The van der Waals surface area contributed by atoms with Gasteiger partial charge in [-0.3, -0.25) is 0 Å². The van der Waals surface area contributed by atoms with E-state index in [1.807, 2.05) is 37.3 Å². The summed E-state index contributed by atoms with van der Waals surface area (Å²) >= 11 is 0. The maximum atomic E-state index is 5.92. The molecule has 1 aromatic heterocycles. The molecule has 4 heteroatoms. The summed E-state index contributed by atoms with van der Waals surface area (Å²) in [6.45, 7) is 4.74. The van der Waals surface area contributed by atoms with Crippen LogP contribution in [-0.4, -0.2) is 16.6 Å². The maximum absolute atomic E-state index is 5.92. The molecule has 2 N–H and O–H groups in total. The van der Waals surface area contributed by atoms with E-state index in [0.29, 0.717) is 18.2 Å². The Hall–Kier alpha value is -1.94. The van der Waals surface area contributed by atoms with Gasteiger partial charge in [0.25, 0.3) is 0 Å². The SMILES string of the molecule is CCCC(OCC)c1nc(N)cc(-c2ccccc2)n1. The molecular weight excluding hydrogens is 250 g/mol. The highest BCUT2D eigenvalue weighted by atomic mass is 16.5. The van der Waals surface area contributed by atoms with E-state index in [1.54, 1.807) is 6.07 Å². The first-order chi connectivity index (χ1) is 9.74. The van der Waals surface area contributed by atoms with Gasteiger partial charge >= 0.3 is 0 Å². The lowest BCUT2D eigenvalue weighted by Gasteiger charge is -2.16. The highest BCUT2D eigenvalue weighted by molar-refractivity contribution is 5.61. The number of benzene rings is 1. The second kappa shape index (κ2) is 7.01. The molecule has 0 radical (unpaired) electrons. The number of anilines is 1. The van der Waals surface area contributed by atoms with Crippen LogP contribution in [-0.2, 0) is 4.74 Å². The third-order valence-electron chi connectivity index (χ3n) is 3.04. The second-order valence-corrected chi connectivity index (χ2v) is 4.63. The number of hydrogen-bond acceptors (Lipinski definition) is 4. The third kappa shape index (κ3) is 3.54. The zero-order valence-corrected chi connectivity index (χ0v) is 12.0. The first-order valence-electron chi connectivity index (χ1n) is 7.06. The van der Waals surface area contributed by atoms with Crippen molar-refractivity contribution in [3.8, 4) is 11.3 Å². The van der Waals surface area contributed by atoms with Crippen LogP contribution in [0.25, 0.3) is 11.3 Å². The lowest BCUT2D eigenvalue weighted by atomic mass is 10.1. The molecule has 0 amide bonds. The van der Waals surface area contributed by atoms with Gasteiger partial charge in [-0.05, 0) is 13.3 Å². The van der Waals surface area contributed by atoms with E-state index in [-0.39, 0.29) is 6.10 Å². The van der Waals surface area contributed by atoms with Crippen molar-refractivity contribution in [2.24, 2.45) is 0 Å². The second-order valence-electron chi connectivity index (χ2n) is 4.63. The van der Waals surface area contributed by atoms with E-state index in [9.17, 15) is 0 Å². The average molecular weight is 271 g/mol. The number of hydrogen-bond donors (Lipinski definition) is 1. The van der Waals surface area contributed by atoms with Gasteiger partial charge in [0.15, 0.2) is 5.82 Å². The summed E-state index contributed by atoms with van der Waals surface area (Å²) in [6.07, 6.45) is 1.82. The molecule has 0 saturated carbocycles. The Morgan fingerprint density at radius 2 is 1.90 bits per heavy atom. The van der Waals surface area contributed by atoms with Crippen molar-refractivity contribution >= 4 is 5.82 Å². The molecule has 1 aromatic carbocycles. The molecule has 2 aromatic rings. The largest absolute Gasteiger partial charge is 0.384 e. The predicted molar refractivity (Wildman–Crippen MR) is 81.2 cm³/mol. The lowest BCUT2D eigenvalue weighted by molar-refractivity contribution is 0.0495. The molecule has 0 spiro atoms. The number of nitrogens with two attached hydrogens (primary N) is 1. The summed E-state index contributed by atoms with van der Waals surface area (Å²) < 4.78 is 5.73. The fourth-order valence-corrected chi connectivity index (χ4v) is 2.14. The van der Waals surface area contributed by atoms with E-state index in [2.05, 4.69) is 16.9 Å². The quantitative estimate of drug-likeness (QED) is 0.872. The summed E-state index contributed by atoms with van der Waals surface area (Å²) in [4.78, 5) is 8.96. The highest BCUT2D eigenvalue weighted by Crippen LogP contribution is 2.24. The van der Waals surface area contributed by atoms with Crippen molar-refractivity contribution in [3.05, 3.63) is 42.2 Å². The minimum atomic E-state index is -0.0871. The Labute approximate surface area is 120 Å². The van der Waals surface area contributed by atoms with Gasteiger partial charge in [-0.15, -0.1) is 0 Å². The highest BCUT2D eigenvalue weighted by Gasteiger charge is 2.16. The Kier molecular flexibility index (Phi) is 5.07. The van der Waals surface area contributed by atoms with Crippen LogP contribution in [0.5, 0.6) is 0 Å². The van der Waals surface area contributed by atoms with Crippen LogP contribution in [0.15, 0.2) is 36.4 Å². The van der Waals surface area contributed by atoms with Crippen molar-refractivity contribution in [1.29, 1.82) is 0 Å². The predicted octanol–water partition coefficient (Wildman–Crippen LogP) is 3.60. The number of rotatable bonds is 6. The van der Waals surface area contributed by atoms with Crippen LogP contribution in [0.4, 0.5) is 5.82 Å². The van der Waals surface area contributed by atoms with Gasteiger partial charge in [-0.1, -0.05) is 43.7 Å². The van der Waals surface area contributed by atoms with Crippen molar-refractivity contribution in [2.75, 3.05) is 12.3 Å². The van der Waals surface area contributed by atoms with Gasteiger partial charge in [0, 0.05) is 18.2 Å². The normalized spacial score (nSPS) is 12.3. The lowest BCUT2D eigenvalue weighted by Crippen LogP contribution is -2.10. The standard InChI is InChI=1S/C16H21N3O/c1-3-8-14(20-4-2)16-18-13(11-15(17)19-16)12-9-6-5-7-10-12/h5-7,9-11,14H,3-4,8H2,1-2H3,(H2,17,18,19). The Morgan fingerprint density at radius 3 is 2.55 bits per heavy atom. The van der Waals surface area contributed by atoms with Crippen LogP contribution in [0.1, 0.15) is 38.6 Å². The topological polar surface area (TPSA) is 61.0 Å². The maximum Gasteiger partial charge on any atom is 0.160 e. The van der Waals surface area contributed by atoms with Gasteiger partial charge in [0.1, 0.15) is 11.9 Å². The summed E-state index contributed by atoms with van der Waals surface area (Å²) in [7, 11) is 0. The Bertz CT molecular complexity index is 537. The number of nitrogen functional groups attached to an aromatic ring is 1. The van der Waals surface area contributed by atoms with E-state index in [0.717, 1.165) is 24.1 Å². The average Bonchev–Trinajstić information content (AvgIpc) is 2.47. The molecule has 1 unspecified atom stereocenters. The van der Waals surface area contributed by atoms with E-state index in [1.165, 1.54) is 0 Å². The first kappa shape index (κ1) is 14.5. The molecule has 106 valence electrons. The third-order valence-corrected chi connectivity index (χ3v) is 3.04. The fourth-order valence-electron chi connectivity index (χ4n) is 2.14. The van der Waals surface area contributed by atoms with Crippen LogP contribution in [0.2, 0.25) is 0 Å². The molecule has 0 fully saturated rings. The molecule has 0 aliphatic carbocycles. The minimum Gasteiger partial charge on any atom is -0.384 e. The summed E-state index contributed by atoms with van der Waals surface area (Å²) in [5.41, 5.74) is 7.80. The molecular formula is C16H21N3O. The van der Waals surface area contributed by atoms with Crippen molar-refractivity contribution in [1.82, 2.24) is 9.97 Å². The van der Waals surface area contributed by atoms with Crippen LogP contribution >= 0.6 is 0 Å². The smallest absolute Gasteiger partial charge is 0.160 e. The molecule has 4 nitrogen and oxygen atoms in total. The number of ether oxygens (including phenoxy) is 1. The van der Waals surface area contributed by atoms with Crippen molar-refractivity contribution in [2.45, 2.75) is 32.8 Å². The molecule has 2 rings (SSSR count). The minimum absolute atomic E-state index is 0.0871. The van der Waals surface area contributed by atoms with Gasteiger partial charge in [0.2, 0.25) is 0 Å². The monoisotopic (exact) mass is 271 g/mol. The summed E-state index contributed by atoms with van der Waals surface area (Å²) in [5, 5.41) is 0. The molecule has 1 heterocycles. The van der Waals surface area contributed by atoms with Gasteiger partial charge < -0.3 is 10.5 Å². The van der Waals surface area contributed by atoms with Crippen molar-refractivity contribution in [3.63, 3.8) is 0 Å². The zero-order valence-electron chi connectivity index (χ0n) is 12.0. The van der Waals surface area contributed by atoms with E-state index < -0.39 is 0 Å². The molecule has 0 aliphatic heterocycles. The fraction of sp³-hybridized carbons (Fsp3) is 0.375. The molecule has 1 atom stereocenters. The van der Waals surface area contributed by atoms with Gasteiger partial charge in [0.05, 0.1) is 5.69 Å². The van der Waals surface area contributed by atoms with E-state index >= 15 is 0 Å². The summed E-state index contributed by atoms with van der Waals surface area (Å²) in [6, 6.07) is 11.8. The van der Waals surface area contributed by atoms with Crippen molar-refractivity contribution < 1.29 is 4.74 Å². The molecule has 20 heavy (non-hydrogen) atoms. The molecule has 0 aliphatic rings. The Morgan fingerprint density at radius 1 is 1.15 bits per heavy atom. The molecule has 0 bridgehead atoms. The van der Waals surface area contributed by atoms with Gasteiger partial charge in [-0.2, -0.15) is 0 Å². The van der Waals surface area contributed by atoms with Crippen LogP contribution in [0, 0.1) is 0 Å². The first-order valence-corrected chi connectivity index (χ1v) is 7.06. The van der Waals surface area contributed by atoms with E-state index in [4.69, 9.17) is 10.5 Å². The Balaban J connectivity index is 2.37. The van der Waals surface area contributed by atoms with Crippen LogP contribution in [0.3, 0.4) is 0 Å².